The monoisotopic (exact) mass is 872 g/mol. The number of benzene rings is 4. The quantitative estimate of drug-likeness (QED) is 0.0545. The van der Waals surface area contributed by atoms with Gasteiger partial charge in [-0.1, -0.05) is 12.1 Å². The minimum absolute atomic E-state index is 0.00947. The van der Waals surface area contributed by atoms with Crippen LogP contribution in [0.2, 0.25) is 0 Å². The Bertz CT molecular complexity index is 2710. The van der Waals surface area contributed by atoms with Crippen molar-refractivity contribution >= 4 is 52.7 Å². The van der Waals surface area contributed by atoms with E-state index in [1.807, 2.05) is 0 Å². The number of methoxy groups -OCH3 is 2. The summed E-state index contributed by atoms with van der Waals surface area (Å²) in [4.78, 5) is 68.0. The van der Waals surface area contributed by atoms with Gasteiger partial charge < -0.3 is 55.9 Å². The first-order valence-electron chi connectivity index (χ1n) is 19.0. The molecule has 2 heterocycles. The summed E-state index contributed by atoms with van der Waals surface area (Å²) >= 11 is 0. The van der Waals surface area contributed by atoms with Crippen LogP contribution in [0, 0.1) is 0 Å². The molecule has 0 saturated carbocycles. The number of aromatic carboxylic acids is 1. The number of phenols is 3. The molecular weight excluding hydrogens is 833 g/mol. The molecule has 0 aliphatic carbocycles. The summed E-state index contributed by atoms with van der Waals surface area (Å²) < 4.78 is 16.3. The van der Waals surface area contributed by atoms with Gasteiger partial charge in [0.2, 0.25) is 0 Å². The van der Waals surface area contributed by atoms with Crippen molar-refractivity contribution < 1.29 is 58.6 Å². The number of nitrogens with zero attached hydrogens (tertiary/aromatic N) is 3. The number of ether oxygens (including phenoxy) is 3. The molecule has 64 heavy (non-hydrogen) atoms. The van der Waals surface area contributed by atoms with Gasteiger partial charge in [-0.25, -0.2) is 9.78 Å². The highest BCUT2D eigenvalue weighted by molar-refractivity contribution is 6.10. The number of carbonyl (C=O) groups is 5. The zero-order valence-corrected chi connectivity index (χ0v) is 34.2. The maximum Gasteiger partial charge on any atom is 0.339 e. The third-order valence-electron chi connectivity index (χ3n) is 9.36. The molecule has 9 N–H and O–H groups in total. The number of carbonyl (C=O) groups excluding carboxylic acids is 4. The van der Waals surface area contributed by atoms with Gasteiger partial charge in [-0.3, -0.25) is 19.2 Å². The maximum atomic E-state index is 13.3. The Hall–Kier alpha value is -8.94. The SMILES string of the molecule is COc1c(NC(=O)c2ccc(NC(=O)c3ccc(OC[C@H](Cc4cn[nH]n4)NC(=O)c4ccc(NC(=O)/C(C)=C/c5ccc(O)cc5)cc4)cn3)c(OC)c2O)ccc(C(=O)O)c1O. The Balaban J connectivity index is 1.06. The van der Waals surface area contributed by atoms with Crippen molar-refractivity contribution in [2.75, 3.05) is 36.8 Å². The van der Waals surface area contributed by atoms with Crippen LogP contribution in [0.1, 0.15) is 59.7 Å². The highest BCUT2D eigenvalue weighted by Gasteiger charge is 2.24. The number of carboxylic acid groups (broad SMARTS) is 1. The van der Waals surface area contributed by atoms with Gasteiger partial charge in [-0.2, -0.15) is 15.4 Å². The topological polar surface area (TPSA) is 297 Å². The van der Waals surface area contributed by atoms with Crippen LogP contribution in [0.3, 0.4) is 0 Å². The molecule has 0 aliphatic rings. The largest absolute Gasteiger partial charge is 0.508 e. The first-order valence-corrected chi connectivity index (χ1v) is 19.0. The lowest BCUT2D eigenvalue weighted by Crippen LogP contribution is -2.40. The molecule has 0 saturated heterocycles. The smallest absolute Gasteiger partial charge is 0.339 e. The summed E-state index contributed by atoms with van der Waals surface area (Å²) in [5, 5.41) is 61.2. The Kier molecular flexibility index (Phi) is 14.0. The van der Waals surface area contributed by atoms with Crippen LogP contribution in [0.15, 0.2) is 103 Å². The average Bonchev–Trinajstić information content (AvgIpc) is 3.80. The number of aromatic amines is 1. The normalized spacial score (nSPS) is 11.5. The van der Waals surface area contributed by atoms with Gasteiger partial charge in [0.25, 0.3) is 23.6 Å². The molecule has 328 valence electrons. The number of nitrogens with one attached hydrogen (secondary N) is 5. The molecule has 4 amide bonds. The van der Waals surface area contributed by atoms with Crippen molar-refractivity contribution in [3.05, 3.63) is 137 Å². The number of pyridine rings is 1. The Morgan fingerprint density at radius 2 is 1.38 bits per heavy atom. The predicted octanol–water partition coefficient (Wildman–Crippen LogP) is 5.00. The number of rotatable bonds is 17. The minimum Gasteiger partial charge on any atom is -0.508 e. The molecule has 6 aromatic rings. The zero-order valence-electron chi connectivity index (χ0n) is 34.2. The third-order valence-corrected chi connectivity index (χ3v) is 9.36. The van der Waals surface area contributed by atoms with Crippen LogP contribution in [0.4, 0.5) is 17.1 Å². The van der Waals surface area contributed by atoms with Crippen LogP contribution >= 0.6 is 0 Å². The molecule has 0 bridgehead atoms. The number of hydrogen-bond acceptors (Lipinski definition) is 14. The number of H-pyrrole nitrogens is 1. The molecular formula is C44H40N8O12. The lowest BCUT2D eigenvalue weighted by molar-refractivity contribution is -0.112. The predicted molar refractivity (Wildman–Crippen MR) is 230 cm³/mol. The van der Waals surface area contributed by atoms with Gasteiger partial charge in [0.1, 0.15) is 29.4 Å². The molecule has 4 aromatic carbocycles. The van der Waals surface area contributed by atoms with Crippen LogP contribution < -0.4 is 35.5 Å². The van der Waals surface area contributed by atoms with E-state index in [9.17, 15) is 44.4 Å². The van der Waals surface area contributed by atoms with Crippen molar-refractivity contribution in [1.82, 2.24) is 25.7 Å². The summed E-state index contributed by atoms with van der Waals surface area (Å²) in [5.41, 5.74) is 1.62. The van der Waals surface area contributed by atoms with E-state index in [1.165, 1.54) is 69.1 Å². The number of aromatic nitrogens is 4. The summed E-state index contributed by atoms with van der Waals surface area (Å²) in [6, 6.07) is 19.8. The van der Waals surface area contributed by atoms with E-state index >= 15 is 0 Å². The van der Waals surface area contributed by atoms with Gasteiger partial charge in [-0.15, -0.1) is 0 Å². The van der Waals surface area contributed by atoms with Crippen LogP contribution in [-0.2, 0) is 11.2 Å². The van der Waals surface area contributed by atoms with Gasteiger partial charge >= 0.3 is 5.97 Å². The first kappa shape index (κ1) is 44.6. The van der Waals surface area contributed by atoms with Crippen LogP contribution in [0.25, 0.3) is 6.08 Å². The average molecular weight is 873 g/mol. The van der Waals surface area contributed by atoms with E-state index in [2.05, 4.69) is 41.7 Å². The molecule has 6 rings (SSSR count). The van der Waals surface area contributed by atoms with E-state index in [0.29, 0.717) is 22.5 Å². The molecule has 20 nitrogen and oxygen atoms in total. The molecule has 2 aromatic heterocycles. The Morgan fingerprint density at radius 3 is 1.97 bits per heavy atom. The Labute approximate surface area is 363 Å². The third kappa shape index (κ3) is 10.9. The van der Waals surface area contributed by atoms with E-state index in [-0.39, 0.29) is 64.6 Å². The highest BCUT2D eigenvalue weighted by atomic mass is 16.5. The lowest BCUT2D eigenvalue weighted by atomic mass is 10.1. The van der Waals surface area contributed by atoms with E-state index < -0.39 is 46.8 Å². The van der Waals surface area contributed by atoms with E-state index in [4.69, 9.17) is 14.2 Å². The highest BCUT2D eigenvalue weighted by Crippen LogP contribution is 2.40. The number of anilines is 3. The summed E-state index contributed by atoms with van der Waals surface area (Å²) in [6.07, 6.45) is 4.73. The molecule has 0 unspecified atom stereocenters. The molecule has 0 aliphatic heterocycles. The second kappa shape index (κ2) is 20.1. The Morgan fingerprint density at radius 1 is 0.734 bits per heavy atom. The summed E-state index contributed by atoms with van der Waals surface area (Å²) in [6.45, 7) is 1.62. The van der Waals surface area contributed by atoms with Gasteiger partial charge in [0.05, 0.1) is 55.3 Å². The van der Waals surface area contributed by atoms with E-state index in [1.54, 1.807) is 49.4 Å². The maximum absolute atomic E-state index is 13.3. The lowest BCUT2D eigenvalue weighted by Gasteiger charge is -2.19. The van der Waals surface area contributed by atoms with Gasteiger partial charge in [-0.05, 0) is 91.4 Å². The number of hydrogen-bond donors (Lipinski definition) is 9. The number of aromatic hydroxyl groups is 3. The standard InChI is InChI=1S/C44H40N8O12/c1-23(18-24-4-10-29(53)11-5-24)40(56)47-26-8-6-25(7-9-26)41(57)48-28(19-27-20-46-52-51-27)22-64-30-12-15-35(45-21-30)43(59)50-34-16-13-31(36(54)38(34)62-2)42(58)49-33-17-14-32(44(60)61)37(55)39(33)63-3/h4-18,20-21,28,53-55H,19,22H2,1-3H3,(H,47,56)(H,48,57)(H,49,58)(H,50,59)(H,60,61)(H,46,51,52)/b23-18+/t28-/m0/s1. The summed E-state index contributed by atoms with van der Waals surface area (Å²) in [7, 11) is 2.38. The number of amides is 4. The van der Waals surface area contributed by atoms with Gasteiger partial charge in [0.15, 0.2) is 23.0 Å². The minimum atomic E-state index is -1.42. The van der Waals surface area contributed by atoms with Crippen molar-refractivity contribution in [2.45, 2.75) is 19.4 Å². The van der Waals surface area contributed by atoms with Crippen molar-refractivity contribution in [3.63, 3.8) is 0 Å². The molecule has 0 fully saturated rings. The fraction of sp³-hybridized carbons (Fsp3) is 0.136. The van der Waals surface area contributed by atoms with Crippen molar-refractivity contribution in [1.29, 1.82) is 0 Å². The van der Waals surface area contributed by atoms with Crippen molar-refractivity contribution in [2.24, 2.45) is 0 Å². The van der Waals surface area contributed by atoms with Crippen LogP contribution in [0.5, 0.6) is 34.5 Å². The summed E-state index contributed by atoms with van der Waals surface area (Å²) in [5.74, 6) is -5.31. The second-order valence-corrected chi connectivity index (χ2v) is 13.8. The zero-order chi connectivity index (χ0) is 45.9. The van der Waals surface area contributed by atoms with E-state index in [0.717, 1.165) is 11.6 Å². The molecule has 1 atom stereocenters. The van der Waals surface area contributed by atoms with Crippen LogP contribution in [-0.4, -0.2) is 97.3 Å². The number of phenolic OH excluding ortho intramolecular Hbond substituents is 2. The second-order valence-electron chi connectivity index (χ2n) is 13.8. The van der Waals surface area contributed by atoms with Crippen molar-refractivity contribution in [3.8, 4) is 34.5 Å². The molecule has 0 radical (unpaired) electrons. The van der Waals surface area contributed by atoms with Gasteiger partial charge in [0, 0.05) is 23.2 Å². The first-order chi connectivity index (χ1) is 30.7. The fourth-order valence-corrected chi connectivity index (χ4v) is 6.10. The molecule has 20 heteroatoms. The fourth-order valence-electron chi connectivity index (χ4n) is 6.10. The molecule has 0 spiro atoms. The number of carboxylic acids is 1.